The van der Waals surface area contributed by atoms with Gasteiger partial charge in [-0.1, -0.05) is 41.5 Å². The van der Waals surface area contributed by atoms with Crippen molar-refractivity contribution in [3.05, 3.63) is 11.6 Å². The summed E-state index contributed by atoms with van der Waals surface area (Å²) >= 11 is 0. The summed E-state index contributed by atoms with van der Waals surface area (Å²) in [5, 5.41) is 0. The fraction of sp³-hybridized carbons (Fsp3) is 0.842. The average Bonchev–Trinajstić information content (AvgIpc) is 2.44. The van der Waals surface area contributed by atoms with Gasteiger partial charge in [-0.25, -0.2) is 4.98 Å². The molecule has 136 valence electrons. The molecule has 1 fully saturated rings. The fourth-order valence-electron chi connectivity index (χ4n) is 2.75. The van der Waals surface area contributed by atoms with Crippen molar-refractivity contribution in [1.29, 1.82) is 0 Å². The Labute approximate surface area is 147 Å². The lowest BCUT2D eigenvalue weighted by molar-refractivity contribution is 0.128. The first-order valence-electron chi connectivity index (χ1n) is 9.05. The summed E-state index contributed by atoms with van der Waals surface area (Å²) in [6.45, 7) is 23.8. The highest BCUT2D eigenvalue weighted by molar-refractivity contribution is 5.33. The number of hydrogen-bond donors (Lipinski definition) is 0. The lowest BCUT2D eigenvalue weighted by Gasteiger charge is -2.42. The molecule has 0 spiro atoms. The second-order valence-electron chi connectivity index (χ2n) is 9.93. The van der Waals surface area contributed by atoms with Crippen LogP contribution in [0.3, 0.4) is 0 Å². The lowest BCUT2D eigenvalue weighted by Crippen LogP contribution is -2.54. The molecule has 5 heteroatoms. The molecule has 1 aromatic heterocycles. The van der Waals surface area contributed by atoms with Crippen LogP contribution >= 0.6 is 0 Å². The Morgan fingerprint density at radius 2 is 1.04 bits per heavy atom. The highest BCUT2D eigenvalue weighted by atomic mass is 15.3. The third-order valence-corrected chi connectivity index (χ3v) is 4.48. The number of rotatable bonds is 1. The van der Waals surface area contributed by atoms with Crippen LogP contribution in [0.5, 0.6) is 0 Å². The fourth-order valence-corrected chi connectivity index (χ4v) is 2.75. The normalized spacial score (nSPS) is 18.1. The first-order valence-corrected chi connectivity index (χ1v) is 9.05. The van der Waals surface area contributed by atoms with Crippen molar-refractivity contribution in [2.75, 3.05) is 31.1 Å². The van der Waals surface area contributed by atoms with E-state index in [0.717, 1.165) is 43.8 Å². The minimum absolute atomic E-state index is 0.0785. The molecule has 2 rings (SSSR count). The summed E-state index contributed by atoms with van der Waals surface area (Å²) in [6.07, 6.45) is 0. The van der Waals surface area contributed by atoms with Gasteiger partial charge in [-0.15, -0.1) is 0 Å². The molecule has 0 radical (unpaired) electrons. The van der Waals surface area contributed by atoms with Gasteiger partial charge in [0.05, 0.1) is 0 Å². The van der Waals surface area contributed by atoms with Gasteiger partial charge in [-0.05, 0) is 20.8 Å². The minimum atomic E-state index is -0.0785. The molecule has 1 saturated heterocycles. The molecule has 1 aromatic rings. The number of anilines is 1. The van der Waals surface area contributed by atoms with E-state index in [9.17, 15) is 0 Å². The molecule has 0 amide bonds. The second kappa shape index (κ2) is 6.25. The van der Waals surface area contributed by atoms with Crippen LogP contribution < -0.4 is 4.90 Å². The summed E-state index contributed by atoms with van der Waals surface area (Å²) in [4.78, 5) is 19.2. The molecule has 1 aliphatic heterocycles. The van der Waals surface area contributed by atoms with Gasteiger partial charge in [0.1, 0.15) is 11.6 Å². The van der Waals surface area contributed by atoms with Crippen molar-refractivity contribution in [1.82, 2.24) is 19.9 Å². The van der Waals surface area contributed by atoms with Crippen molar-refractivity contribution >= 4 is 5.95 Å². The summed E-state index contributed by atoms with van der Waals surface area (Å²) in [5.74, 6) is 2.61. The van der Waals surface area contributed by atoms with Crippen LogP contribution in [0.2, 0.25) is 0 Å². The number of aromatic nitrogens is 3. The average molecular weight is 334 g/mol. The van der Waals surface area contributed by atoms with E-state index < -0.39 is 0 Å². The molecular formula is C19H35N5. The SMILES string of the molecule is CC(C)(C)c1nc(N2CCN(C(C)(C)C)CC2)nc(C(C)(C)C)n1. The largest absolute Gasteiger partial charge is 0.338 e. The first-order chi connectivity index (χ1) is 10.8. The highest BCUT2D eigenvalue weighted by Gasteiger charge is 2.30. The van der Waals surface area contributed by atoms with E-state index >= 15 is 0 Å². The molecule has 0 aromatic carbocycles. The van der Waals surface area contributed by atoms with Crippen LogP contribution in [0, 0.1) is 0 Å². The Bertz CT molecular complexity index is 535. The number of hydrogen-bond acceptors (Lipinski definition) is 5. The van der Waals surface area contributed by atoms with Crippen LogP contribution in [0.1, 0.15) is 74.0 Å². The third-order valence-electron chi connectivity index (χ3n) is 4.48. The molecule has 1 aliphatic rings. The molecule has 2 heterocycles. The molecule has 0 bridgehead atoms. The second-order valence-corrected chi connectivity index (χ2v) is 9.93. The molecule has 0 saturated carbocycles. The maximum atomic E-state index is 4.81. The summed E-state index contributed by atoms with van der Waals surface area (Å²) in [6, 6.07) is 0. The quantitative estimate of drug-likeness (QED) is 0.788. The van der Waals surface area contributed by atoms with Crippen molar-refractivity contribution in [3.63, 3.8) is 0 Å². The summed E-state index contributed by atoms with van der Waals surface area (Å²) in [7, 11) is 0. The summed E-state index contributed by atoms with van der Waals surface area (Å²) < 4.78 is 0. The van der Waals surface area contributed by atoms with E-state index in [-0.39, 0.29) is 16.4 Å². The minimum Gasteiger partial charge on any atom is -0.338 e. The van der Waals surface area contributed by atoms with Crippen molar-refractivity contribution in [3.8, 4) is 0 Å². The van der Waals surface area contributed by atoms with E-state index in [0.29, 0.717) is 0 Å². The van der Waals surface area contributed by atoms with E-state index in [1.165, 1.54) is 0 Å². The van der Waals surface area contributed by atoms with Crippen LogP contribution in [-0.2, 0) is 10.8 Å². The monoisotopic (exact) mass is 333 g/mol. The molecule has 0 aliphatic carbocycles. The molecule has 5 nitrogen and oxygen atoms in total. The van der Waals surface area contributed by atoms with Gasteiger partial charge in [0.15, 0.2) is 0 Å². The zero-order valence-electron chi connectivity index (χ0n) is 17.1. The standard InChI is InChI=1S/C19H35N5/c1-17(2,3)14-20-15(18(4,5)6)22-16(21-14)23-10-12-24(13-11-23)19(7,8)9/h10-13H2,1-9H3. The van der Waals surface area contributed by atoms with Crippen molar-refractivity contribution < 1.29 is 0 Å². The van der Waals surface area contributed by atoms with Gasteiger partial charge in [-0.3, -0.25) is 4.90 Å². The summed E-state index contributed by atoms with van der Waals surface area (Å²) in [5.41, 5.74) is 0.0637. The maximum Gasteiger partial charge on any atom is 0.228 e. The van der Waals surface area contributed by atoms with Crippen LogP contribution in [0.15, 0.2) is 0 Å². The Balaban J connectivity index is 2.31. The molecular weight excluding hydrogens is 298 g/mol. The van der Waals surface area contributed by atoms with Crippen LogP contribution in [0.4, 0.5) is 5.95 Å². The Hall–Kier alpha value is -1.23. The van der Waals surface area contributed by atoms with Gasteiger partial charge in [0, 0.05) is 42.5 Å². The van der Waals surface area contributed by atoms with Gasteiger partial charge >= 0.3 is 0 Å². The molecule has 0 atom stereocenters. The highest BCUT2D eigenvalue weighted by Crippen LogP contribution is 2.26. The van der Waals surface area contributed by atoms with E-state index in [1.807, 2.05) is 0 Å². The van der Waals surface area contributed by atoms with E-state index in [4.69, 9.17) is 15.0 Å². The molecule has 0 unspecified atom stereocenters. The Kier molecular flexibility index (Phi) is 4.97. The molecule has 0 N–H and O–H groups in total. The van der Waals surface area contributed by atoms with Gasteiger partial charge < -0.3 is 4.90 Å². The van der Waals surface area contributed by atoms with Crippen LogP contribution in [-0.4, -0.2) is 51.6 Å². The van der Waals surface area contributed by atoms with E-state index in [1.54, 1.807) is 0 Å². The predicted octanol–water partition coefficient (Wildman–Crippen LogP) is 3.39. The van der Waals surface area contributed by atoms with Crippen molar-refractivity contribution in [2.24, 2.45) is 0 Å². The van der Waals surface area contributed by atoms with Gasteiger partial charge in [0.2, 0.25) is 5.95 Å². The number of nitrogens with zero attached hydrogens (tertiary/aromatic N) is 5. The molecule has 24 heavy (non-hydrogen) atoms. The predicted molar refractivity (Wildman–Crippen MR) is 101 cm³/mol. The van der Waals surface area contributed by atoms with E-state index in [2.05, 4.69) is 72.1 Å². The Morgan fingerprint density at radius 1 is 0.625 bits per heavy atom. The maximum absolute atomic E-state index is 4.81. The topological polar surface area (TPSA) is 45.2 Å². The third kappa shape index (κ3) is 4.44. The number of piperazine rings is 1. The zero-order valence-corrected chi connectivity index (χ0v) is 17.1. The van der Waals surface area contributed by atoms with Gasteiger partial charge in [0.25, 0.3) is 0 Å². The van der Waals surface area contributed by atoms with Crippen molar-refractivity contribution in [2.45, 2.75) is 78.7 Å². The lowest BCUT2D eigenvalue weighted by atomic mass is 9.93. The van der Waals surface area contributed by atoms with Gasteiger partial charge in [-0.2, -0.15) is 9.97 Å². The zero-order chi connectivity index (χ0) is 18.3. The van der Waals surface area contributed by atoms with Crippen LogP contribution in [0.25, 0.3) is 0 Å². The first kappa shape index (κ1) is 19.1. The smallest absolute Gasteiger partial charge is 0.228 e. The Morgan fingerprint density at radius 3 is 1.38 bits per heavy atom.